The van der Waals surface area contributed by atoms with E-state index in [-0.39, 0.29) is 4.90 Å². The molecule has 116 valence electrons. The summed E-state index contributed by atoms with van der Waals surface area (Å²) in [6, 6.07) is 14.6. The number of carboxylic acid groups (broad SMARTS) is 1. The topological polar surface area (TPSA) is 83.5 Å². The molecule has 5 nitrogen and oxygen atoms in total. The van der Waals surface area contributed by atoms with Crippen molar-refractivity contribution in [2.45, 2.75) is 17.4 Å². The second kappa shape index (κ2) is 6.62. The first-order valence-electron chi connectivity index (χ1n) is 6.69. The van der Waals surface area contributed by atoms with E-state index in [1.54, 1.807) is 12.1 Å². The minimum absolute atomic E-state index is 0.202. The molecule has 0 fully saturated rings. The molecule has 0 saturated carbocycles. The average Bonchev–Trinajstić information content (AvgIpc) is 2.47. The molecule has 2 aromatic rings. The van der Waals surface area contributed by atoms with Crippen molar-refractivity contribution in [2.75, 3.05) is 11.6 Å². The predicted octanol–water partition coefficient (Wildman–Crippen LogP) is 2.20. The quantitative estimate of drug-likeness (QED) is 0.853. The fourth-order valence-electron chi connectivity index (χ4n) is 2.05. The van der Waals surface area contributed by atoms with Gasteiger partial charge in [-0.2, -0.15) is 0 Å². The first-order valence-corrected chi connectivity index (χ1v) is 8.59. The minimum atomic E-state index is -3.26. The summed E-state index contributed by atoms with van der Waals surface area (Å²) in [6.07, 6.45) is 1.47. The van der Waals surface area contributed by atoms with Crippen LogP contribution in [0.15, 0.2) is 59.5 Å². The van der Waals surface area contributed by atoms with Crippen LogP contribution in [0.25, 0.3) is 0 Å². The third kappa shape index (κ3) is 4.33. The van der Waals surface area contributed by atoms with Crippen molar-refractivity contribution in [1.29, 1.82) is 0 Å². The summed E-state index contributed by atoms with van der Waals surface area (Å²) in [7, 11) is -3.26. The van der Waals surface area contributed by atoms with Gasteiger partial charge in [-0.05, 0) is 29.8 Å². The molecule has 2 N–H and O–H groups in total. The summed E-state index contributed by atoms with van der Waals surface area (Å²) in [5, 5.41) is 12.2. The standard InChI is InChI=1S/C16H17NO4S/c1-22(20,21)14-9-7-13(8-10-14)17-15(16(18)19)11-12-5-3-2-4-6-12/h2-10,15,17H,11H2,1H3,(H,18,19)/t15-/m0/s1. The molecule has 1 atom stereocenters. The molecule has 2 aromatic carbocycles. The molecule has 0 bridgehead atoms. The number of hydrogen-bond acceptors (Lipinski definition) is 4. The second-order valence-corrected chi connectivity index (χ2v) is 7.04. The minimum Gasteiger partial charge on any atom is -0.480 e. The number of anilines is 1. The first-order chi connectivity index (χ1) is 10.4. The van der Waals surface area contributed by atoms with E-state index in [1.807, 2.05) is 30.3 Å². The fraction of sp³-hybridized carbons (Fsp3) is 0.188. The lowest BCUT2D eigenvalue weighted by Crippen LogP contribution is -2.31. The van der Waals surface area contributed by atoms with Crippen molar-refractivity contribution in [3.63, 3.8) is 0 Å². The van der Waals surface area contributed by atoms with Crippen molar-refractivity contribution in [2.24, 2.45) is 0 Å². The van der Waals surface area contributed by atoms with Gasteiger partial charge in [-0.1, -0.05) is 30.3 Å². The summed E-state index contributed by atoms with van der Waals surface area (Å²) in [5.41, 5.74) is 1.48. The van der Waals surface area contributed by atoms with Gasteiger partial charge in [0.1, 0.15) is 6.04 Å². The number of carboxylic acids is 1. The van der Waals surface area contributed by atoms with Crippen LogP contribution in [0.3, 0.4) is 0 Å². The van der Waals surface area contributed by atoms with E-state index in [0.29, 0.717) is 12.1 Å². The summed E-state index contributed by atoms with van der Waals surface area (Å²) >= 11 is 0. The maximum Gasteiger partial charge on any atom is 0.326 e. The van der Waals surface area contributed by atoms with Crippen LogP contribution in [0.1, 0.15) is 5.56 Å². The first kappa shape index (κ1) is 16.0. The van der Waals surface area contributed by atoms with Crippen LogP contribution in [-0.4, -0.2) is 31.8 Å². The normalized spacial score (nSPS) is 12.6. The van der Waals surface area contributed by atoms with Crippen molar-refractivity contribution < 1.29 is 18.3 Å². The monoisotopic (exact) mass is 319 g/mol. The number of carbonyl (C=O) groups is 1. The van der Waals surface area contributed by atoms with E-state index in [4.69, 9.17) is 0 Å². The van der Waals surface area contributed by atoms with Crippen LogP contribution in [0.2, 0.25) is 0 Å². The van der Waals surface area contributed by atoms with Gasteiger partial charge < -0.3 is 10.4 Å². The van der Waals surface area contributed by atoms with Crippen molar-refractivity contribution >= 4 is 21.5 Å². The van der Waals surface area contributed by atoms with Gasteiger partial charge in [0.05, 0.1) is 4.90 Å². The number of rotatable bonds is 6. The largest absolute Gasteiger partial charge is 0.480 e. The Bertz CT molecular complexity index is 739. The molecule has 0 heterocycles. The third-order valence-electron chi connectivity index (χ3n) is 3.20. The van der Waals surface area contributed by atoms with E-state index in [2.05, 4.69) is 5.32 Å². The number of nitrogens with one attached hydrogen (secondary N) is 1. The molecule has 2 rings (SSSR count). The summed E-state index contributed by atoms with van der Waals surface area (Å²) in [5.74, 6) is -0.962. The molecule has 0 aromatic heterocycles. The Labute approximate surface area is 129 Å². The zero-order valence-corrected chi connectivity index (χ0v) is 12.9. The highest BCUT2D eigenvalue weighted by molar-refractivity contribution is 7.90. The van der Waals surface area contributed by atoms with Crippen LogP contribution in [0.4, 0.5) is 5.69 Å². The molecule has 0 unspecified atom stereocenters. The van der Waals surface area contributed by atoms with Crippen LogP contribution < -0.4 is 5.32 Å². The van der Waals surface area contributed by atoms with E-state index in [1.165, 1.54) is 12.1 Å². The van der Waals surface area contributed by atoms with E-state index in [9.17, 15) is 18.3 Å². The summed E-state index contributed by atoms with van der Waals surface area (Å²) < 4.78 is 22.8. The highest BCUT2D eigenvalue weighted by Crippen LogP contribution is 2.16. The SMILES string of the molecule is CS(=O)(=O)c1ccc(N[C@@H](Cc2ccccc2)C(=O)O)cc1. The van der Waals surface area contributed by atoms with Gasteiger partial charge in [0.15, 0.2) is 9.84 Å². The molecular weight excluding hydrogens is 302 g/mol. The van der Waals surface area contributed by atoms with Gasteiger partial charge in [-0.15, -0.1) is 0 Å². The van der Waals surface area contributed by atoms with Crippen LogP contribution in [0, 0.1) is 0 Å². The Hall–Kier alpha value is -2.34. The lowest BCUT2D eigenvalue weighted by atomic mass is 10.1. The zero-order valence-electron chi connectivity index (χ0n) is 12.1. The molecule has 0 radical (unpaired) electrons. The second-order valence-electron chi connectivity index (χ2n) is 5.02. The molecular formula is C16H17NO4S. The summed E-state index contributed by atoms with van der Waals surface area (Å²) in [6.45, 7) is 0. The smallest absolute Gasteiger partial charge is 0.326 e. The predicted molar refractivity (Wildman–Crippen MR) is 84.7 cm³/mol. The molecule has 0 aliphatic heterocycles. The van der Waals surface area contributed by atoms with Gasteiger partial charge >= 0.3 is 5.97 Å². The Morgan fingerprint density at radius 2 is 1.68 bits per heavy atom. The molecule has 0 aliphatic rings. The molecule has 0 aliphatic carbocycles. The van der Waals surface area contributed by atoms with Crippen molar-refractivity contribution in [3.05, 3.63) is 60.2 Å². The maximum absolute atomic E-state index is 11.4. The lowest BCUT2D eigenvalue weighted by Gasteiger charge is -2.16. The number of sulfone groups is 1. The number of aliphatic carboxylic acids is 1. The third-order valence-corrected chi connectivity index (χ3v) is 4.33. The van der Waals surface area contributed by atoms with Crippen molar-refractivity contribution in [1.82, 2.24) is 0 Å². The maximum atomic E-state index is 11.4. The molecule has 22 heavy (non-hydrogen) atoms. The Kier molecular flexibility index (Phi) is 4.82. The van der Waals surface area contributed by atoms with Gasteiger partial charge in [0.25, 0.3) is 0 Å². The fourth-order valence-corrected chi connectivity index (χ4v) is 2.68. The van der Waals surface area contributed by atoms with E-state index in [0.717, 1.165) is 11.8 Å². The van der Waals surface area contributed by atoms with Crippen LogP contribution in [-0.2, 0) is 21.1 Å². The number of hydrogen-bond donors (Lipinski definition) is 2. The summed E-state index contributed by atoms with van der Waals surface area (Å²) in [4.78, 5) is 11.6. The van der Waals surface area contributed by atoms with Gasteiger partial charge in [-0.3, -0.25) is 0 Å². The average molecular weight is 319 g/mol. The Morgan fingerprint density at radius 3 is 2.18 bits per heavy atom. The molecule has 6 heteroatoms. The Balaban J connectivity index is 2.13. The lowest BCUT2D eigenvalue weighted by molar-refractivity contribution is -0.137. The Morgan fingerprint density at radius 1 is 1.09 bits per heavy atom. The van der Waals surface area contributed by atoms with Gasteiger partial charge in [0, 0.05) is 18.4 Å². The molecule has 0 spiro atoms. The molecule has 0 amide bonds. The number of benzene rings is 2. The van der Waals surface area contributed by atoms with Crippen molar-refractivity contribution in [3.8, 4) is 0 Å². The zero-order chi connectivity index (χ0) is 16.2. The van der Waals surface area contributed by atoms with Crippen LogP contribution >= 0.6 is 0 Å². The van der Waals surface area contributed by atoms with E-state index >= 15 is 0 Å². The van der Waals surface area contributed by atoms with Gasteiger partial charge in [-0.25, -0.2) is 13.2 Å². The highest BCUT2D eigenvalue weighted by atomic mass is 32.2. The van der Waals surface area contributed by atoms with Gasteiger partial charge in [0.2, 0.25) is 0 Å². The highest BCUT2D eigenvalue weighted by Gasteiger charge is 2.18. The van der Waals surface area contributed by atoms with Crippen LogP contribution in [0.5, 0.6) is 0 Å². The molecule has 0 saturated heterocycles. The van der Waals surface area contributed by atoms with E-state index < -0.39 is 21.8 Å².